The molecule has 3 aromatic rings. The van der Waals surface area contributed by atoms with Gasteiger partial charge in [-0.1, -0.05) is 71.7 Å². The molecule has 0 fully saturated rings. The van der Waals surface area contributed by atoms with Gasteiger partial charge in [0.1, 0.15) is 0 Å². The Labute approximate surface area is 178 Å². The van der Waals surface area contributed by atoms with Crippen LogP contribution in [0.5, 0.6) is 0 Å². The lowest BCUT2D eigenvalue weighted by Gasteiger charge is -2.10. The van der Waals surface area contributed by atoms with Crippen molar-refractivity contribution in [1.29, 1.82) is 0 Å². The van der Waals surface area contributed by atoms with Crippen LogP contribution < -0.4 is 5.32 Å². The Morgan fingerprint density at radius 2 is 1.66 bits per heavy atom. The van der Waals surface area contributed by atoms with Crippen LogP contribution >= 0.6 is 23.2 Å². The summed E-state index contributed by atoms with van der Waals surface area (Å²) in [5.74, 6) is -0.980. The number of rotatable bonds is 5. The molecule has 1 amide bonds. The van der Waals surface area contributed by atoms with E-state index in [2.05, 4.69) is 15.5 Å². The number of amides is 1. The lowest BCUT2D eigenvalue weighted by atomic mass is 10.1. The van der Waals surface area contributed by atoms with Gasteiger partial charge in [-0.25, -0.2) is 0 Å². The maximum Gasteiger partial charge on any atom is 0.280 e. The van der Waals surface area contributed by atoms with E-state index in [1.165, 1.54) is 6.07 Å². The molecule has 0 aliphatic rings. The van der Waals surface area contributed by atoms with Gasteiger partial charge >= 0.3 is 0 Å². The largest absolute Gasteiger partial charge is 0.505 e. The predicted octanol–water partition coefficient (Wildman–Crippen LogP) is 6.95. The molecule has 0 aromatic heterocycles. The first-order chi connectivity index (χ1) is 14.0. The van der Waals surface area contributed by atoms with E-state index in [-0.39, 0.29) is 11.5 Å². The zero-order valence-electron chi connectivity index (χ0n) is 15.4. The van der Waals surface area contributed by atoms with E-state index in [0.717, 1.165) is 5.56 Å². The topological polar surface area (TPSA) is 74.0 Å². The van der Waals surface area contributed by atoms with E-state index in [9.17, 15) is 9.90 Å². The highest BCUT2D eigenvalue weighted by molar-refractivity contribution is 6.36. The van der Waals surface area contributed by atoms with Crippen LogP contribution in [0.4, 0.5) is 11.4 Å². The van der Waals surface area contributed by atoms with Gasteiger partial charge in [0.2, 0.25) is 0 Å². The minimum absolute atomic E-state index is 0.254. The highest BCUT2D eigenvalue weighted by Gasteiger charge is 2.18. The number of aliphatic hydroxyl groups excluding tert-OH is 1. The zero-order chi connectivity index (χ0) is 20.8. The number of hydrogen-bond donors (Lipinski definition) is 2. The highest BCUT2D eigenvalue weighted by Crippen LogP contribution is 2.28. The van der Waals surface area contributed by atoms with Crippen LogP contribution in [0.25, 0.3) is 5.76 Å². The summed E-state index contributed by atoms with van der Waals surface area (Å²) in [6.45, 7) is 1.88. The van der Waals surface area contributed by atoms with Gasteiger partial charge < -0.3 is 10.4 Å². The Morgan fingerprint density at radius 3 is 2.38 bits per heavy atom. The van der Waals surface area contributed by atoms with Crippen molar-refractivity contribution in [2.24, 2.45) is 10.2 Å². The van der Waals surface area contributed by atoms with Gasteiger partial charge in [-0.3, -0.25) is 4.79 Å². The second kappa shape index (κ2) is 9.37. The smallest absolute Gasteiger partial charge is 0.280 e. The van der Waals surface area contributed by atoms with Gasteiger partial charge in [-0.15, -0.1) is 10.2 Å². The quantitative estimate of drug-likeness (QED) is 0.263. The fourth-order valence-corrected chi connectivity index (χ4v) is 2.82. The van der Waals surface area contributed by atoms with Crippen molar-refractivity contribution in [3.8, 4) is 0 Å². The van der Waals surface area contributed by atoms with E-state index in [0.29, 0.717) is 27.0 Å². The van der Waals surface area contributed by atoms with E-state index in [1.54, 1.807) is 48.5 Å². The molecule has 0 saturated carbocycles. The number of nitrogens with zero attached hydrogens (tertiary/aromatic N) is 2. The molecule has 0 atom stereocenters. The van der Waals surface area contributed by atoms with Gasteiger partial charge in [-0.2, -0.15) is 0 Å². The summed E-state index contributed by atoms with van der Waals surface area (Å²) < 4.78 is 0. The summed E-state index contributed by atoms with van der Waals surface area (Å²) in [6, 6.07) is 20.6. The number of aryl methyl sites for hydroxylation is 1. The molecule has 0 radical (unpaired) electrons. The van der Waals surface area contributed by atoms with Crippen LogP contribution in [-0.4, -0.2) is 11.0 Å². The molecule has 0 spiro atoms. The normalized spacial score (nSPS) is 12.0. The van der Waals surface area contributed by atoms with Crippen molar-refractivity contribution in [2.45, 2.75) is 6.92 Å². The number of azo groups is 1. The fourth-order valence-electron chi connectivity index (χ4n) is 2.49. The van der Waals surface area contributed by atoms with E-state index in [1.807, 2.05) is 25.1 Å². The number of carbonyl (C=O) groups excluding carboxylic acids is 1. The van der Waals surface area contributed by atoms with Crippen LogP contribution in [0.1, 0.15) is 11.1 Å². The van der Waals surface area contributed by atoms with Crippen LogP contribution in [0.15, 0.2) is 88.7 Å². The number of halogens is 2. The molecular formula is C22H17Cl2N3O2. The lowest BCUT2D eigenvalue weighted by Crippen LogP contribution is -2.15. The summed E-state index contributed by atoms with van der Waals surface area (Å²) in [4.78, 5) is 12.9. The van der Waals surface area contributed by atoms with Crippen molar-refractivity contribution >= 4 is 46.2 Å². The molecule has 3 aromatic carbocycles. The van der Waals surface area contributed by atoms with Gasteiger partial charge in [0.25, 0.3) is 5.91 Å². The minimum Gasteiger partial charge on any atom is -0.505 e. The zero-order valence-corrected chi connectivity index (χ0v) is 16.9. The second-order valence-electron chi connectivity index (χ2n) is 6.13. The SMILES string of the molecule is Cc1ccccc1N=N/C(C(=O)Nc1cc(Cl)ccc1Cl)=C(/O)c1ccccc1. The summed E-state index contributed by atoms with van der Waals surface area (Å²) >= 11 is 12.1. The molecule has 0 saturated heterocycles. The third-order valence-electron chi connectivity index (χ3n) is 4.04. The number of hydrogen-bond acceptors (Lipinski definition) is 4. The maximum absolute atomic E-state index is 12.9. The number of anilines is 1. The van der Waals surface area contributed by atoms with Crippen molar-refractivity contribution in [2.75, 3.05) is 5.32 Å². The fraction of sp³-hybridized carbons (Fsp3) is 0.0455. The van der Waals surface area contributed by atoms with Gasteiger partial charge in [0, 0.05) is 10.6 Å². The average Bonchev–Trinajstić information content (AvgIpc) is 2.72. The first-order valence-electron chi connectivity index (χ1n) is 8.68. The molecule has 29 heavy (non-hydrogen) atoms. The highest BCUT2D eigenvalue weighted by atomic mass is 35.5. The van der Waals surface area contributed by atoms with Crippen LogP contribution in [0, 0.1) is 6.92 Å². The molecule has 0 unspecified atom stereocenters. The van der Waals surface area contributed by atoms with Crippen molar-refractivity contribution in [3.05, 3.63) is 99.7 Å². The molecular weight excluding hydrogens is 409 g/mol. The summed E-state index contributed by atoms with van der Waals surface area (Å²) in [7, 11) is 0. The van der Waals surface area contributed by atoms with Gasteiger partial charge in [-0.05, 0) is 36.8 Å². The molecule has 2 N–H and O–H groups in total. The minimum atomic E-state index is -0.673. The Morgan fingerprint density at radius 1 is 0.966 bits per heavy atom. The Balaban J connectivity index is 2.02. The molecule has 5 nitrogen and oxygen atoms in total. The average molecular weight is 426 g/mol. The Hall–Kier alpha value is -3.15. The number of aliphatic hydroxyl groups is 1. The maximum atomic E-state index is 12.9. The van der Waals surface area contributed by atoms with Crippen molar-refractivity contribution in [3.63, 3.8) is 0 Å². The van der Waals surface area contributed by atoms with Gasteiger partial charge in [0.15, 0.2) is 11.5 Å². The van der Waals surface area contributed by atoms with Crippen LogP contribution in [-0.2, 0) is 4.79 Å². The van der Waals surface area contributed by atoms with E-state index >= 15 is 0 Å². The number of benzene rings is 3. The standard InChI is InChI=1S/C22H17Cl2N3O2/c1-14-7-5-6-10-18(14)26-27-20(21(28)15-8-3-2-4-9-15)22(29)25-19-13-16(23)11-12-17(19)24/h2-13,28H,1H3,(H,25,29)/b21-20+,27-26?. The van der Waals surface area contributed by atoms with E-state index in [4.69, 9.17) is 23.2 Å². The first kappa shape index (κ1) is 20.6. The molecule has 3 rings (SSSR count). The molecule has 0 bridgehead atoms. The Bertz CT molecular complexity index is 1100. The molecule has 0 heterocycles. The number of nitrogens with one attached hydrogen (secondary N) is 1. The molecule has 146 valence electrons. The lowest BCUT2D eigenvalue weighted by molar-refractivity contribution is -0.112. The third kappa shape index (κ3) is 5.22. The number of carbonyl (C=O) groups is 1. The van der Waals surface area contributed by atoms with Crippen LogP contribution in [0.2, 0.25) is 10.0 Å². The van der Waals surface area contributed by atoms with Gasteiger partial charge in [0.05, 0.1) is 16.4 Å². The van der Waals surface area contributed by atoms with Crippen molar-refractivity contribution in [1.82, 2.24) is 0 Å². The summed E-state index contributed by atoms with van der Waals surface area (Å²) in [5.41, 5.74) is 1.94. The van der Waals surface area contributed by atoms with Crippen LogP contribution in [0.3, 0.4) is 0 Å². The van der Waals surface area contributed by atoms with Crippen molar-refractivity contribution < 1.29 is 9.90 Å². The second-order valence-corrected chi connectivity index (χ2v) is 6.97. The monoisotopic (exact) mass is 425 g/mol. The molecule has 0 aliphatic carbocycles. The summed E-state index contributed by atoms with van der Waals surface area (Å²) in [6.07, 6.45) is 0. The predicted molar refractivity (Wildman–Crippen MR) is 117 cm³/mol. The third-order valence-corrected chi connectivity index (χ3v) is 4.60. The Kier molecular flexibility index (Phi) is 6.65. The molecule has 0 aliphatic heterocycles. The van der Waals surface area contributed by atoms with E-state index < -0.39 is 5.91 Å². The summed E-state index contributed by atoms with van der Waals surface area (Å²) in [5, 5.41) is 22.2. The molecule has 7 heteroatoms. The first-order valence-corrected chi connectivity index (χ1v) is 9.43.